The van der Waals surface area contributed by atoms with Crippen LogP contribution in [0.5, 0.6) is 0 Å². The smallest absolute Gasteiger partial charge is 0.264 e. The fourth-order valence-electron chi connectivity index (χ4n) is 2.24. The SMILES string of the molecule is CCc1ccsc1C(=O)N1CC(C)NCC1C. The highest BCUT2D eigenvalue weighted by Crippen LogP contribution is 2.21. The molecule has 1 aliphatic rings. The molecule has 2 heterocycles. The number of nitrogens with zero attached hydrogens (tertiary/aromatic N) is 1. The molecular weight excluding hydrogens is 232 g/mol. The molecule has 1 aromatic rings. The summed E-state index contributed by atoms with van der Waals surface area (Å²) in [5, 5.41) is 5.42. The van der Waals surface area contributed by atoms with E-state index in [0.717, 1.165) is 24.4 Å². The molecule has 0 radical (unpaired) electrons. The zero-order chi connectivity index (χ0) is 12.4. The van der Waals surface area contributed by atoms with E-state index in [2.05, 4.69) is 32.2 Å². The first-order valence-corrected chi connectivity index (χ1v) is 7.12. The Kier molecular flexibility index (Phi) is 3.84. The fourth-order valence-corrected chi connectivity index (χ4v) is 3.19. The van der Waals surface area contributed by atoms with Crippen LogP contribution in [0.3, 0.4) is 0 Å². The Morgan fingerprint density at radius 2 is 2.35 bits per heavy atom. The van der Waals surface area contributed by atoms with Crippen LogP contribution < -0.4 is 5.32 Å². The van der Waals surface area contributed by atoms with Crippen LogP contribution in [0.2, 0.25) is 0 Å². The van der Waals surface area contributed by atoms with Crippen molar-refractivity contribution in [3.05, 3.63) is 21.9 Å². The lowest BCUT2D eigenvalue weighted by Gasteiger charge is -2.37. The highest BCUT2D eigenvalue weighted by Gasteiger charge is 2.28. The number of nitrogens with one attached hydrogen (secondary N) is 1. The van der Waals surface area contributed by atoms with Gasteiger partial charge in [0.2, 0.25) is 0 Å². The molecule has 1 aromatic heterocycles. The molecule has 1 amide bonds. The summed E-state index contributed by atoms with van der Waals surface area (Å²) in [7, 11) is 0. The molecule has 0 saturated carbocycles. The first-order chi connectivity index (χ1) is 8.13. The Bertz CT molecular complexity index is 402. The van der Waals surface area contributed by atoms with Gasteiger partial charge in [0.05, 0.1) is 4.88 Å². The van der Waals surface area contributed by atoms with Gasteiger partial charge in [-0.05, 0) is 37.3 Å². The van der Waals surface area contributed by atoms with E-state index in [0.29, 0.717) is 6.04 Å². The third kappa shape index (κ3) is 2.53. The Hall–Kier alpha value is -0.870. The molecule has 2 rings (SSSR count). The summed E-state index contributed by atoms with van der Waals surface area (Å²) in [6.07, 6.45) is 0.931. The molecular formula is C13H20N2OS. The number of aryl methyl sites for hydroxylation is 1. The summed E-state index contributed by atoms with van der Waals surface area (Å²) in [6, 6.07) is 2.74. The Labute approximate surface area is 107 Å². The van der Waals surface area contributed by atoms with Crippen LogP contribution in [0, 0.1) is 0 Å². The number of piperazine rings is 1. The van der Waals surface area contributed by atoms with Crippen molar-refractivity contribution >= 4 is 17.2 Å². The van der Waals surface area contributed by atoms with Gasteiger partial charge in [0, 0.05) is 25.2 Å². The van der Waals surface area contributed by atoms with Gasteiger partial charge < -0.3 is 10.2 Å². The second kappa shape index (κ2) is 5.19. The van der Waals surface area contributed by atoms with Crippen molar-refractivity contribution in [3.8, 4) is 0 Å². The van der Waals surface area contributed by atoms with Gasteiger partial charge in [-0.3, -0.25) is 4.79 Å². The molecule has 1 fully saturated rings. The van der Waals surface area contributed by atoms with Gasteiger partial charge >= 0.3 is 0 Å². The average Bonchev–Trinajstić information content (AvgIpc) is 2.79. The van der Waals surface area contributed by atoms with E-state index in [-0.39, 0.29) is 11.9 Å². The van der Waals surface area contributed by atoms with Crippen LogP contribution in [0.4, 0.5) is 0 Å². The van der Waals surface area contributed by atoms with Crippen LogP contribution in [-0.4, -0.2) is 36.0 Å². The maximum atomic E-state index is 12.5. The number of carbonyl (C=O) groups is 1. The van der Waals surface area contributed by atoms with Crippen molar-refractivity contribution in [1.82, 2.24) is 10.2 Å². The maximum absolute atomic E-state index is 12.5. The van der Waals surface area contributed by atoms with Crippen molar-refractivity contribution in [1.29, 1.82) is 0 Å². The number of hydrogen-bond donors (Lipinski definition) is 1. The lowest BCUT2D eigenvalue weighted by atomic mass is 10.1. The quantitative estimate of drug-likeness (QED) is 0.874. The van der Waals surface area contributed by atoms with E-state index in [1.807, 2.05) is 10.3 Å². The van der Waals surface area contributed by atoms with E-state index in [1.165, 1.54) is 5.56 Å². The van der Waals surface area contributed by atoms with Crippen molar-refractivity contribution in [2.75, 3.05) is 13.1 Å². The first kappa shape index (κ1) is 12.6. The summed E-state index contributed by atoms with van der Waals surface area (Å²) in [4.78, 5) is 15.4. The van der Waals surface area contributed by atoms with Gasteiger partial charge in [-0.25, -0.2) is 0 Å². The summed E-state index contributed by atoms with van der Waals surface area (Å²) in [6.45, 7) is 8.03. The summed E-state index contributed by atoms with van der Waals surface area (Å²) < 4.78 is 0. The molecule has 94 valence electrons. The number of amides is 1. The summed E-state index contributed by atoms with van der Waals surface area (Å²) in [5.41, 5.74) is 1.18. The molecule has 1 N–H and O–H groups in total. The maximum Gasteiger partial charge on any atom is 0.264 e. The number of hydrogen-bond acceptors (Lipinski definition) is 3. The minimum atomic E-state index is 0.206. The molecule has 2 atom stereocenters. The second-order valence-corrected chi connectivity index (χ2v) is 5.66. The van der Waals surface area contributed by atoms with Gasteiger partial charge in [-0.1, -0.05) is 6.92 Å². The minimum absolute atomic E-state index is 0.206. The standard InChI is InChI=1S/C13H20N2OS/c1-4-11-5-6-17-12(11)13(16)15-8-9(2)14-7-10(15)3/h5-6,9-10,14H,4,7-8H2,1-3H3. The molecule has 1 saturated heterocycles. The van der Waals surface area contributed by atoms with Crippen molar-refractivity contribution in [2.24, 2.45) is 0 Å². The van der Waals surface area contributed by atoms with Gasteiger partial charge in [0.25, 0.3) is 5.91 Å². The van der Waals surface area contributed by atoms with Crippen LogP contribution in [-0.2, 0) is 6.42 Å². The zero-order valence-electron chi connectivity index (χ0n) is 10.7. The monoisotopic (exact) mass is 252 g/mol. The molecule has 2 unspecified atom stereocenters. The van der Waals surface area contributed by atoms with E-state index >= 15 is 0 Å². The van der Waals surface area contributed by atoms with E-state index < -0.39 is 0 Å². The largest absolute Gasteiger partial charge is 0.332 e. The van der Waals surface area contributed by atoms with Crippen molar-refractivity contribution < 1.29 is 4.79 Å². The summed E-state index contributed by atoms with van der Waals surface area (Å²) >= 11 is 1.57. The van der Waals surface area contributed by atoms with Crippen molar-refractivity contribution in [3.63, 3.8) is 0 Å². The van der Waals surface area contributed by atoms with Crippen molar-refractivity contribution in [2.45, 2.75) is 39.3 Å². The number of thiophene rings is 1. The topological polar surface area (TPSA) is 32.3 Å². The highest BCUT2D eigenvalue weighted by molar-refractivity contribution is 7.12. The zero-order valence-corrected chi connectivity index (χ0v) is 11.5. The number of rotatable bonds is 2. The van der Waals surface area contributed by atoms with Crippen LogP contribution in [0.15, 0.2) is 11.4 Å². The van der Waals surface area contributed by atoms with Crippen LogP contribution >= 0.6 is 11.3 Å². The third-order valence-corrected chi connectivity index (χ3v) is 4.29. The molecule has 0 bridgehead atoms. The molecule has 0 aliphatic carbocycles. The van der Waals surface area contributed by atoms with E-state index in [9.17, 15) is 4.79 Å². The normalized spacial score (nSPS) is 25.0. The lowest BCUT2D eigenvalue weighted by Crippen LogP contribution is -2.56. The molecule has 0 aromatic carbocycles. The van der Waals surface area contributed by atoms with E-state index in [4.69, 9.17) is 0 Å². The predicted octanol–water partition coefficient (Wildman–Crippen LogP) is 2.13. The van der Waals surface area contributed by atoms with Gasteiger partial charge in [0.15, 0.2) is 0 Å². The van der Waals surface area contributed by atoms with Crippen LogP contribution in [0.25, 0.3) is 0 Å². The van der Waals surface area contributed by atoms with Gasteiger partial charge in [-0.15, -0.1) is 11.3 Å². The molecule has 4 heteroatoms. The minimum Gasteiger partial charge on any atom is -0.332 e. The lowest BCUT2D eigenvalue weighted by molar-refractivity contribution is 0.0620. The highest BCUT2D eigenvalue weighted by atomic mass is 32.1. The molecule has 3 nitrogen and oxygen atoms in total. The molecule has 17 heavy (non-hydrogen) atoms. The number of carbonyl (C=O) groups excluding carboxylic acids is 1. The average molecular weight is 252 g/mol. The van der Waals surface area contributed by atoms with Crippen LogP contribution in [0.1, 0.15) is 36.0 Å². The predicted molar refractivity (Wildman–Crippen MR) is 71.7 cm³/mol. The second-order valence-electron chi connectivity index (χ2n) is 4.74. The van der Waals surface area contributed by atoms with Gasteiger partial charge in [0.1, 0.15) is 0 Å². The van der Waals surface area contributed by atoms with E-state index in [1.54, 1.807) is 11.3 Å². The Balaban J connectivity index is 2.18. The fraction of sp³-hybridized carbons (Fsp3) is 0.615. The Morgan fingerprint density at radius 1 is 1.59 bits per heavy atom. The third-order valence-electron chi connectivity index (χ3n) is 3.35. The first-order valence-electron chi connectivity index (χ1n) is 6.24. The summed E-state index contributed by atoms with van der Waals surface area (Å²) in [5.74, 6) is 0.206. The molecule has 1 aliphatic heterocycles. The van der Waals surface area contributed by atoms with Gasteiger partial charge in [-0.2, -0.15) is 0 Å². The molecule has 0 spiro atoms. The Morgan fingerprint density at radius 3 is 3.06 bits per heavy atom.